The summed E-state index contributed by atoms with van der Waals surface area (Å²) in [6.45, 7) is 0.333. The number of hydrogen-bond donors (Lipinski definition) is 2. The monoisotopic (exact) mass is 340 g/mol. The number of sulfonamides is 1. The van der Waals surface area contributed by atoms with Crippen LogP contribution in [0.3, 0.4) is 0 Å². The Morgan fingerprint density at radius 2 is 2.00 bits per heavy atom. The van der Waals surface area contributed by atoms with Crippen molar-refractivity contribution in [2.45, 2.75) is 16.6 Å². The molecule has 1 amide bonds. The third-order valence-corrected chi connectivity index (χ3v) is 4.77. The zero-order valence-corrected chi connectivity index (χ0v) is 13.7. The number of nitrogens with two attached hydrogens (primary N) is 1. The molecule has 9 heteroatoms. The molecule has 0 unspecified atom stereocenters. The van der Waals surface area contributed by atoms with Gasteiger partial charge in [-0.15, -0.1) is 0 Å². The first-order valence-corrected chi connectivity index (χ1v) is 9.05. The molecule has 0 aliphatic rings. The van der Waals surface area contributed by atoms with E-state index in [2.05, 4.69) is 10.3 Å². The first kappa shape index (κ1) is 16.5. The lowest BCUT2D eigenvalue weighted by Gasteiger charge is -2.07. The fourth-order valence-corrected chi connectivity index (χ4v) is 2.91. The molecule has 0 spiro atoms. The van der Waals surface area contributed by atoms with Gasteiger partial charge in [0.2, 0.25) is 10.0 Å². The van der Waals surface area contributed by atoms with Crippen LogP contribution < -0.4 is 10.5 Å². The summed E-state index contributed by atoms with van der Waals surface area (Å²) in [6.07, 6.45) is 3.63. The standard InChI is InChI=1S/C13H16N4O3S2/c1-17-10(8-16-13(17)21-2)7-15-12(18)9-3-5-11(6-4-9)22(14,19)20/h3-6,8H,7H2,1-2H3,(H,15,18)(H2,14,19,20). The fraction of sp³-hybridized carbons (Fsp3) is 0.231. The Hall–Kier alpha value is -1.84. The molecule has 1 aromatic carbocycles. The number of amides is 1. The molecule has 0 atom stereocenters. The lowest BCUT2D eigenvalue weighted by molar-refractivity contribution is 0.0950. The van der Waals surface area contributed by atoms with Crippen LogP contribution in [0.1, 0.15) is 16.1 Å². The lowest BCUT2D eigenvalue weighted by Crippen LogP contribution is -2.24. The van der Waals surface area contributed by atoms with Gasteiger partial charge in [0.15, 0.2) is 5.16 Å². The number of benzene rings is 1. The van der Waals surface area contributed by atoms with Crippen molar-refractivity contribution in [2.75, 3.05) is 6.26 Å². The smallest absolute Gasteiger partial charge is 0.251 e. The van der Waals surface area contributed by atoms with E-state index in [1.807, 2.05) is 17.9 Å². The molecular formula is C13H16N4O3S2. The van der Waals surface area contributed by atoms with E-state index in [9.17, 15) is 13.2 Å². The van der Waals surface area contributed by atoms with E-state index < -0.39 is 10.0 Å². The Morgan fingerprint density at radius 3 is 2.50 bits per heavy atom. The molecular weight excluding hydrogens is 324 g/mol. The van der Waals surface area contributed by atoms with Crippen LogP contribution in [0.4, 0.5) is 0 Å². The molecule has 2 aromatic rings. The highest BCUT2D eigenvalue weighted by Crippen LogP contribution is 2.14. The molecule has 0 fully saturated rings. The van der Waals surface area contributed by atoms with Crippen molar-refractivity contribution >= 4 is 27.7 Å². The van der Waals surface area contributed by atoms with Gasteiger partial charge >= 0.3 is 0 Å². The first-order valence-electron chi connectivity index (χ1n) is 6.28. The summed E-state index contributed by atoms with van der Waals surface area (Å²) in [7, 11) is -1.88. The second kappa shape index (κ2) is 6.51. The van der Waals surface area contributed by atoms with Crippen molar-refractivity contribution in [1.29, 1.82) is 0 Å². The highest BCUT2D eigenvalue weighted by molar-refractivity contribution is 7.98. The van der Waals surface area contributed by atoms with Crippen molar-refractivity contribution in [2.24, 2.45) is 12.2 Å². The topological polar surface area (TPSA) is 107 Å². The molecule has 0 aliphatic heterocycles. The van der Waals surface area contributed by atoms with Crippen LogP contribution in [-0.2, 0) is 23.6 Å². The molecule has 0 radical (unpaired) electrons. The minimum Gasteiger partial charge on any atom is -0.346 e. The largest absolute Gasteiger partial charge is 0.346 e. The summed E-state index contributed by atoms with van der Waals surface area (Å²) in [5.41, 5.74) is 1.23. The average Bonchev–Trinajstić information content (AvgIpc) is 2.84. The van der Waals surface area contributed by atoms with E-state index in [1.165, 1.54) is 36.0 Å². The number of hydrogen-bond acceptors (Lipinski definition) is 5. The highest BCUT2D eigenvalue weighted by Gasteiger charge is 2.11. The molecule has 0 bridgehead atoms. The Balaban J connectivity index is 2.04. The van der Waals surface area contributed by atoms with Crippen LogP contribution in [-0.4, -0.2) is 30.1 Å². The SMILES string of the molecule is CSc1ncc(CNC(=O)c2ccc(S(N)(=O)=O)cc2)n1C. The second-order valence-corrected chi connectivity index (χ2v) is 6.88. The van der Waals surface area contributed by atoms with Gasteiger partial charge in [-0.25, -0.2) is 18.5 Å². The molecule has 2 rings (SSSR count). The summed E-state index contributed by atoms with van der Waals surface area (Å²) >= 11 is 1.52. The number of aromatic nitrogens is 2. The zero-order chi connectivity index (χ0) is 16.3. The number of primary sulfonamides is 1. The molecule has 3 N–H and O–H groups in total. The third-order valence-electron chi connectivity index (χ3n) is 3.10. The average molecular weight is 340 g/mol. The first-order chi connectivity index (χ1) is 10.3. The zero-order valence-electron chi connectivity index (χ0n) is 12.1. The van der Waals surface area contributed by atoms with E-state index in [0.29, 0.717) is 12.1 Å². The van der Waals surface area contributed by atoms with Crippen molar-refractivity contribution < 1.29 is 13.2 Å². The maximum absolute atomic E-state index is 12.0. The normalized spacial score (nSPS) is 11.4. The maximum atomic E-state index is 12.0. The highest BCUT2D eigenvalue weighted by atomic mass is 32.2. The van der Waals surface area contributed by atoms with Gasteiger partial charge in [0.25, 0.3) is 5.91 Å². The van der Waals surface area contributed by atoms with Gasteiger partial charge in [-0.3, -0.25) is 4.79 Å². The summed E-state index contributed by atoms with van der Waals surface area (Å²) in [6, 6.07) is 5.46. The van der Waals surface area contributed by atoms with E-state index in [4.69, 9.17) is 5.14 Å². The minimum atomic E-state index is -3.75. The van der Waals surface area contributed by atoms with E-state index >= 15 is 0 Å². The fourth-order valence-electron chi connectivity index (χ4n) is 1.85. The number of nitrogens with zero attached hydrogens (tertiary/aromatic N) is 2. The van der Waals surface area contributed by atoms with Crippen molar-refractivity contribution in [3.05, 3.63) is 41.7 Å². The molecule has 1 heterocycles. The van der Waals surface area contributed by atoms with E-state index in [1.54, 1.807) is 6.20 Å². The second-order valence-electron chi connectivity index (χ2n) is 4.55. The predicted molar refractivity (Wildman–Crippen MR) is 84.0 cm³/mol. The van der Waals surface area contributed by atoms with Crippen molar-refractivity contribution in [3.8, 4) is 0 Å². The molecule has 1 aromatic heterocycles. The molecule has 0 saturated heterocycles. The molecule has 7 nitrogen and oxygen atoms in total. The van der Waals surface area contributed by atoms with Gasteiger partial charge in [0, 0.05) is 12.6 Å². The molecule has 0 saturated carbocycles. The number of imidazole rings is 1. The molecule has 0 aliphatic carbocycles. The summed E-state index contributed by atoms with van der Waals surface area (Å²) < 4.78 is 24.2. The van der Waals surface area contributed by atoms with Gasteiger partial charge in [-0.1, -0.05) is 11.8 Å². The van der Waals surface area contributed by atoms with Crippen LogP contribution >= 0.6 is 11.8 Å². The van der Waals surface area contributed by atoms with Gasteiger partial charge in [0.1, 0.15) is 0 Å². The number of thioether (sulfide) groups is 1. The Labute approximate surface area is 133 Å². The predicted octanol–water partition coefficient (Wildman–Crippen LogP) is 0.719. The van der Waals surface area contributed by atoms with Crippen LogP contribution in [0.5, 0.6) is 0 Å². The Kier molecular flexibility index (Phi) is 4.89. The van der Waals surface area contributed by atoms with Crippen molar-refractivity contribution in [3.63, 3.8) is 0 Å². The molecule has 22 heavy (non-hydrogen) atoms. The Morgan fingerprint density at radius 1 is 1.36 bits per heavy atom. The Bertz CT molecular complexity index is 782. The number of nitrogens with one attached hydrogen (secondary N) is 1. The number of rotatable bonds is 5. The number of carbonyl (C=O) groups is 1. The lowest BCUT2D eigenvalue weighted by atomic mass is 10.2. The van der Waals surface area contributed by atoms with Crippen LogP contribution in [0.25, 0.3) is 0 Å². The summed E-state index contributed by atoms with van der Waals surface area (Å²) in [5, 5.41) is 8.63. The van der Waals surface area contributed by atoms with Gasteiger partial charge in [-0.2, -0.15) is 0 Å². The number of carbonyl (C=O) groups excluding carboxylic acids is 1. The third kappa shape index (κ3) is 3.67. The van der Waals surface area contributed by atoms with Gasteiger partial charge in [-0.05, 0) is 30.5 Å². The summed E-state index contributed by atoms with van der Waals surface area (Å²) in [5.74, 6) is -0.298. The summed E-state index contributed by atoms with van der Waals surface area (Å²) in [4.78, 5) is 16.2. The van der Waals surface area contributed by atoms with E-state index in [-0.39, 0.29) is 10.8 Å². The quantitative estimate of drug-likeness (QED) is 0.780. The van der Waals surface area contributed by atoms with Gasteiger partial charge < -0.3 is 9.88 Å². The van der Waals surface area contributed by atoms with Crippen LogP contribution in [0.2, 0.25) is 0 Å². The van der Waals surface area contributed by atoms with Crippen LogP contribution in [0.15, 0.2) is 40.5 Å². The van der Waals surface area contributed by atoms with Crippen molar-refractivity contribution in [1.82, 2.24) is 14.9 Å². The molecule has 118 valence electrons. The van der Waals surface area contributed by atoms with Gasteiger partial charge in [0.05, 0.1) is 23.3 Å². The van der Waals surface area contributed by atoms with Crippen LogP contribution in [0, 0.1) is 0 Å². The van der Waals surface area contributed by atoms with E-state index in [0.717, 1.165) is 10.9 Å². The minimum absolute atomic E-state index is 0.0275. The maximum Gasteiger partial charge on any atom is 0.251 e.